The Labute approximate surface area is 240 Å². The van der Waals surface area contributed by atoms with Crippen LogP contribution in [0.15, 0.2) is 66.7 Å². The van der Waals surface area contributed by atoms with Gasteiger partial charge in [-0.05, 0) is 67.1 Å². The summed E-state index contributed by atoms with van der Waals surface area (Å²) in [6, 6.07) is 19.5. The molecule has 3 aromatic carbocycles. The number of hydrogen-bond donors (Lipinski definition) is 2. The molecule has 0 aliphatic heterocycles. The number of phenols is 1. The van der Waals surface area contributed by atoms with Gasteiger partial charge in [0.15, 0.2) is 11.5 Å². The molecule has 1 aliphatic rings. The number of carbonyl (C=O) groups is 2. The van der Waals surface area contributed by atoms with Crippen LogP contribution < -0.4 is 10.1 Å². The number of phenolic OH excluding ortho intramolecular Hbond substituents is 1. The number of para-hydroxylation sites is 1. The van der Waals surface area contributed by atoms with Gasteiger partial charge in [-0.1, -0.05) is 66.9 Å². The van der Waals surface area contributed by atoms with Crippen molar-refractivity contribution >= 4 is 22.8 Å². The van der Waals surface area contributed by atoms with Crippen LogP contribution in [-0.4, -0.2) is 56.5 Å². The van der Waals surface area contributed by atoms with Crippen molar-refractivity contribution in [3.05, 3.63) is 83.4 Å². The summed E-state index contributed by atoms with van der Waals surface area (Å²) >= 11 is 0. The number of benzene rings is 3. The van der Waals surface area contributed by atoms with E-state index in [9.17, 15) is 14.7 Å². The van der Waals surface area contributed by atoms with E-state index in [0.29, 0.717) is 29.8 Å². The van der Waals surface area contributed by atoms with Crippen molar-refractivity contribution in [2.24, 2.45) is 0 Å². The summed E-state index contributed by atoms with van der Waals surface area (Å²) in [4.78, 5) is 29.8. The Bertz CT molecular complexity index is 1510. The second-order valence-corrected chi connectivity index (χ2v) is 10.7. The number of ether oxygens (including phenoxy) is 1. The molecule has 2 N–H and O–H groups in total. The lowest BCUT2D eigenvalue weighted by Crippen LogP contribution is -2.48. The van der Waals surface area contributed by atoms with E-state index in [0.717, 1.165) is 48.7 Å². The Morgan fingerprint density at radius 3 is 2.59 bits per heavy atom. The van der Waals surface area contributed by atoms with E-state index in [2.05, 4.69) is 15.6 Å². The first-order chi connectivity index (χ1) is 19.9. The van der Waals surface area contributed by atoms with Gasteiger partial charge in [-0.25, -0.2) is 4.68 Å². The highest BCUT2D eigenvalue weighted by Crippen LogP contribution is 2.32. The third kappa shape index (κ3) is 6.51. The van der Waals surface area contributed by atoms with Crippen LogP contribution in [0.4, 0.5) is 0 Å². The molecule has 9 heteroatoms. The molecule has 5 rings (SSSR count). The predicted octanol–water partition coefficient (Wildman–Crippen LogP) is 4.72. The van der Waals surface area contributed by atoms with Crippen LogP contribution in [0, 0.1) is 6.92 Å². The SMILES string of the molecule is COc1ccc([C@@H](C(=O)NC2CCCCC2)N(CCc2ccccc2C)C(=O)Cn2nnc3ccccc32)cc1O. The maximum atomic E-state index is 14.2. The molecule has 0 saturated heterocycles. The molecular weight excluding hydrogens is 518 g/mol. The van der Waals surface area contributed by atoms with Crippen molar-refractivity contribution in [3.8, 4) is 11.5 Å². The van der Waals surface area contributed by atoms with Crippen molar-refractivity contribution < 1.29 is 19.4 Å². The molecule has 1 fully saturated rings. The molecule has 1 aliphatic carbocycles. The molecule has 214 valence electrons. The minimum absolute atomic E-state index is 0.0539. The highest BCUT2D eigenvalue weighted by molar-refractivity contribution is 5.89. The van der Waals surface area contributed by atoms with Crippen molar-refractivity contribution in [2.45, 2.75) is 64.1 Å². The summed E-state index contributed by atoms with van der Waals surface area (Å²) in [5.41, 5.74) is 4.16. The summed E-state index contributed by atoms with van der Waals surface area (Å²) in [5, 5.41) is 22.3. The lowest BCUT2D eigenvalue weighted by atomic mass is 9.94. The fourth-order valence-electron chi connectivity index (χ4n) is 5.66. The minimum Gasteiger partial charge on any atom is -0.504 e. The fourth-order valence-corrected chi connectivity index (χ4v) is 5.66. The highest BCUT2D eigenvalue weighted by atomic mass is 16.5. The van der Waals surface area contributed by atoms with Gasteiger partial charge in [0.2, 0.25) is 11.8 Å². The van der Waals surface area contributed by atoms with Crippen molar-refractivity contribution in [3.63, 3.8) is 0 Å². The fraction of sp³-hybridized carbons (Fsp3) is 0.375. The third-order valence-electron chi connectivity index (χ3n) is 7.94. The Morgan fingerprint density at radius 2 is 1.83 bits per heavy atom. The minimum atomic E-state index is -0.958. The standard InChI is InChI=1S/C32H37N5O4/c1-22-10-6-7-11-23(22)18-19-36(30(39)21-37-27-15-9-8-14-26(27)34-35-37)31(24-16-17-29(41-2)28(38)20-24)32(40)33-25-12-4-3-5-13-25/h6-11,14-17,20,25,31,38H,3-5,12-13,18-19,21H2,1-2H3,(H,33,40)/t31-/m0/s1. The van der Waals surface area contributed by atoms with Gasteiger partial charge < -0.3 is 20.1 Å². The second-order valence-electron chi connectivity index (χ2n) is 10.7. The quantitative estimate of drug-likeness (QED) is 0.293. The summed E-state index contributed by atoms with van der Waals surface area (Å²) < 4.78 is 6.82. The monoisotopic (exact) mass is 555 g/mol. The van der Waals surface area contributed by atoms with Gasteiger partial charge in [0.1, 0.15) is 18.1 Å². The normalized spacial score (nSPS) is 14.5. The van der Waals surface area contributed by atoms with E-state index in [1.165, 1.54) is 13.2 Å². The number of carbonyl (C=O) groups excluding carboxylic acids is 2. The number of nitrogens with one attached hydrogen (secondary N) is 1. The van der Waals surface area contributed by atoms with Crippen molar-refractivity contribution in [2.75, 3.05) is 13.7 Å². The number of methoxy groups -OCH3 is 1. The van der Waals surface area contributed by atoms with Gasteiger partial charge in [-0.2, -0.15) is 0 Å². The first-order valence-electron chi connectivity index (χ1n) is 14.2. The zero-order valence-corrected chi connectivity index (χ0v) is 23.6. The van der Waals surface area contributed by atoms with E-state index in [-0.39, 0.29) is 30.2 Å². The summed E-state index contributed by atoms with van der Waals surface area (Å²) in [6.45, 7) is 2.26. The topological polar surface area (TPSA) is 110 Å². The molecule has 2 amide bonds. The Balaban J connectivity index is 1.52. The molecule has 1 aromatic heterocycles. The molecule has 0 bridgehead atoms. The van der Waals surface area contributed by atoms with Crippen molar-refractivity contribution in [1.82, 2.24) is 25.2 Å². The largest absolute Gasteiger partial charge is 0.504 e. The number of aromatic nitrogens is 3. The van der Waals surface area contributed by atoms with Gasteiger partial charge in [0, 0.05) is 12.6 Å². The van der Waals surface area contributed by atoms with Gasteiger partial charge >= 0.3 is 0 Å². The Morgan fingerprint density at radius 1 is 1.07 bits per heavy atom. The first-order valence-corrected chi connectivity index (χ1v) is 14.2. The lowest BCUT2D eigenvalue weighted by Gasteiger charge is -2.34. The van der Waals surface area contributed by atoms with Crippen LogP contribution in [0.2, 0.25) is 0 Å². The number of hydrogen-bond acceptors (Lipinski definition) is 6. The van der Waals surface area contributed by atoms with Crippen LogP contribution in [0.5, 0.6) is 11.5 Å². The average molecular weight is 556 g/mol. The molecule has 0 radical (unpaired) electrons. The molecular formula is C32H37N5O4. The van der Waals surface area contributed by atoms with Crippen LogP contribution in [0.1, 0.15) is 54.8 Å². The Hall–Kier alpha value is -4.40. The zero-order valence-electron chi connectivity index (χ0n) is 23.6. The molecule has 1 heterocycles. The van der Waals surface area contributed by atoms with Gasteiger partial charge in [-0.3, -0.25) is 9.59 Å². The molecule has 1 atom stereocenters. The number of rotatable bonds is 10. The summed E-state index contributed by atoms with van der Waals surface area (Å²) in [6.07, 6.45) is 5.67. The van der Waals surface area contributed by atoms with E-state index in [4.69, 9.17) is 4.74 Å². The molecule has 1 saturated carbocycles. The van der Waals surface area contributed by atoms with Gasteiger partial charge in [0.25, 0.3) is 0 Å². The predicted molar refractivity (Wildman–Crippen MR) is 157 cm³/mol. The maximum absolute atomic E-state index is 14.2. The summed E-state index contributed by atoms with van der Waals surface area (Å²) in [5.74, 6) is -0.322. The lowest BCUT2D eigenvalue weighted by molar-refractivity contribution is -0.141. The molecule has 4 aromatic rings. The van der Waals surface area contributed by atoms with Crippen LogP contribution in [-0.2, 0) is 22.6 Å². The second kappa shape index (κ2) is 12.8. The number of nitrogens with zero attached hydrogens (tertiary/aromatic N) is 4. The van der Waals surface area contributed by atoms with Crippen molar-refractivity contribution in [1.29, 1.82) is 0 Å². The number of aromatic hydroxyl groups is 1. The number of amides is 2. The van der Waals surface area contributed by atoms with E-state index in [1.807, 2.05) is 55.5 Å². The molecule has 9 nitrogen and oxygen atoms in total. The van der Waals surface area contributed by atoms with Crippen LogP contribution in [0.25, 0.3) is 11.0 Å². The average Bonchev–Trinajstić information content (AvgIpc) is 3.39. The molecule has 0 spiro atoms. The van der Waals surface area contributed by atoms with Gasteiger partial charge in [0.05, 0.1) is 12.6 Å². The van der Waals surface area contributed by atoms with E-state index < -0.39 is 6.04 Å². The van der Waals surface area contributed by atoms with E-state index in [1.54, 1.807) is 21.7 Å². The van der Waals surface area contributed by atoms with Crippen LogP contribution >= 0.6 is 0 Å². The van der Waals surface area contributed by atoms with E-state index >= 15 is 0 Å². The number of fused-ring (bicyclic) bond motifs is 1. The maximum Gasteiger partial charge on any atom is 0.247 e. The summed E-state index contributed by atoms with van der Waals surface area (Å²) in [7, 11) is 1.47. The molecule has 0 unspecified atom stereocenters. The van der Waals surface area contributed by atoms with Gasteiger partial charge in [-0.15, -0.1) is 5.10 Å². The Kier molecular flexibility index (Phi) is 8.82. The third-order valence-corrected chi connectivity index (χ3v) is 7.94. The highest BCUT2D eigenvalue weighted by Gasteiger charge is 2.34. The smallest absolute Gasteiger partial charge is 0.247 e. The van der Waals surface area contributed by atoms with Crippen LogP contribution in [0.3, 0.4) is 0 Å². The first kappa shape index (κ1) is 28.1. The molecule has 41 heavy (non-hydrogen) atoms. The zero-order chi connectivity index (χ0) is 28.8. The number of aryl methyl sites for hydroxylation is 1.